The Balaban J connectivity index is 1.67. The van der Waals surface area contributed by atoms with Crippen LogP contribution in [0.3, 0.4) is 0 Å². The van der Waals surface area contributed by atoms with Crippen molar-refractivity contribution in [2.24, 2.45) is 11.8 Å². The first-order valence-electron chi connectivity index (χ1n) is 14.8. The second kappa shape index (κ2) is 14.2. The van der Waals surface area contributed by atoms with Gasteiger partial charge in [-0.2, -0.15) is 0 Å². The Morgan fingerprint density at radius 3 is 1.21 bits per heavy atom. The van der Waals surface area contributed by atoms with Crippen molar-refractivity contribution in [1.29, 1.82) is 0 Å². The van der Waals surface area contributed by atoms with Crippen LogP contribution in [0.15, 0.2) is 84.9 Å². The summed E-state index contributed by atoms with van der Waals surface area (Å²) in [6, 6.07) is 22.3. The molecular formula is C36H34N2O10. The van der Waals surface area contributed by atoms with Crippen molar-refractivity contribution < 1.29 is 48.3 Å². The molecule has 1 aliphatic rings. The average molecular weight is 655 g/mol. The summed E-state index contributed by atoms with van der Waals surface area (Å²) in [6.07, 6.45) is 0. The molecule has 5 rings (SSSR count). The number of rotatable bonds is 12. The van der Waals surface area contributed by atoms with E-state index in [1.165, 1.54) is 64.8 Å². The molecule has 1 aliphatic carbocycles. The third-order valence-corrected chi connectivity index (χ3v) is 8.57. The van der Waals surface area contributed by atoms with Crippen LogP contribution in [0.25, 0.3) is 0 Å². The molecule has 0 unspecified atom stereocenters. The summed E-state index contributed by atoms with van der Waals surface area (Å²) < 4.78 is 22.0. The molecule has 1 fully saturated rings. The Morgan fingerprint density at radius 1 is 0.521 bits per heavy atom. The van der Waals surface area contributed by atoms with E-state index in [0.717, 1.165) is 0 Å². The molecule has 12 heteroatoms. The van der Waals surface area contributed by atoms with Gasteiger partial charge in [-0.25, -0.2) is 9.59 Å². The first kappa shape index (κ1) is 33.3. The molecule has 4 aromatic carbocycles. The van der Waals surface area contributed by atoms with Gasteiger partial charge in [-0.1, -0.05) is 36.4 Å². The van der Waals surface area contributed by atoms with E-state index in [-0.39, 0.29) is 22.5 Å². The summed E-state index contributed by atoms with van der Waals surface area (Å²) in [5.74, 6) is -5.37. The van der Waals surface area contributed by atoms with Crippen molar-refractivity contribution in [3.63, 3.8) is 0 Å². The van der Waals surface area contributed by atoms with Crippen LogP contribution in [0, 0.1) is 11.8 Å². The molecule has 0 bridgehead atoms. The molecule has 0 heterocycles. The summed E-state index contributed by atoms with van der Waals surface area (Å²) in [5, 5.41) is 25.0. The summed E-state index contributed by atoms with van der Waals surface area (Å²) in [4.78, 5) is 52.5. The van der Waals surface area contributed by atoms with Crippen molar-refractivity contribution in [3.8, 4) is 23.0 Å². The molecule has 12 nitrogen and oxygen atoms in total. The number of carboxylic acid groups (broad SMARTS) is 2. The number of nitrogens with one attached hydrogen (secondary N) is 2. The molecule has 48 heavy (non-hydrogen) atoms. The van der Waals surface area contributed by atoms with Gasteiger partial charge in [0.25, 0.3) is 0 Å². The maximum absolute atomic E-state index is 14.3. The van der Waals surface area contributed by atoms with Crippen molar-refractivity contribution in [3.05, 3.63) is 107 Å². The zero-order chi connectivity index (χ0) is 34.5. The molecule has 2 amide bonds. The second-order valence-electron chi connectivity index (χ2n) is 11.0. The molecule has 0 aliphatic heterocycles. The summed E-state index contributed by atoms with van der Waals surface area (Å²) in [7, 11) is 5.96. The lowest BCUT2D eigenvalue weighted by molar-refractivity contribution is -0.138. The highest BCUT2D eigenvalue weighted by Gasteiger charge is 2.58. The maximum Gasteiger partial charge on any atom is 0.337 e. The van der Waals surface area contributed by atoms with Gasteiger partial charge in [0.05, 0.1) is 62.8 Å². The molecule has 0 saturated heterocycles. The molecule has 4 atom stereocenters. The van der Waals surface area contributed by atoms with E-state index in [9.17, 15) is 29.4 Å². The Bertz CT molecular complexity index is 1740. The fourth-order valence-electron chi connectivity index (χ4n) is 6.34. The minimum absolute atomic E-state index is 0.0611. The Morgan fingerprint density at radius 2 is 0.875 bits per heavy atom. The van der Waals surface area contributed by atoms with Crippen LogP contribution in [0.5, 0.6) is 23.0 Å². The number of methoxy groups -OCH3 is 4. The number of carboxylic acids is 2. The van der Waals surface area contributed by atoms with Gasteiger partial charge >= 0.3 is 11.9 Å². The maximum atomic E-state index is 14.3. The van der Waals surface area contributed by atoms with E-state index in [1.807, 2.05) is 0 Å². The van der Waals surface area contributed by atoms with Gasteiger partial charge in [-0.15, -0.1) is 0 Å². The first-order chi connectivity index (χ1) is 23.1. The zero-order valence-electron chi connectivity index (χ0n) is 26.6. The number of amides is 2. The predicted molar refractivity (Wildman–Crippen MR) is 176 cm³/mol. The molecular weight excluding hydrogens is 620 g/mol. The minimum atomic E-state index is -1.24. The average Bonchev–Trinajstić information content (AvgIpc) is 3.07. The third-order valence-electron chi connectivity index (χ3n) is 8.57. The lowest BCUT2D eigenvalue weighted by Gasteiger charge is -2.51. The lowest BCUT2D eigenvalue weighted by atomic mass is 9.51. The van der Waals surface area contributed by atoms with Crippen LogP contribution in [0.4, 0.5) is 11.4 Å². The normalized spacial score (nSPS) is 18.1. The predicted octanol–water partition coefficient (Wildman–Crippen LogP) is 5.51. The number of ether oxygens (including phenoxy) is 4. The third kappa shape index (κ3) is 6.32. The van der Waals surface area contributed by atoms with E-state index in [1.54, 1.807) is 48.5 Å². The van der Waals surface area contributed by atoms with Crippen molar-refractivity contribution >= 4 is 35.1 Å². The lowest BCUT2D eigenvalue weighted by Crippen LogP contribution is -2.54. The quantitative estimate of drug-likeness (QED) is 0.153. The highest BCUT2D eigenvalue weighted by molar-refractivity contribution is 6.07. The van der Waals surface area contributed by atoms with E-state index in [4.69, 9.17) is 18.9 Å². The number of para-hydroxylation sites is 2. The van der Waals surface area contributed by atoms with Crippen molar-refractivity contribution in [2.75, 3.05) is 39.1 Å². The molecule has 0 spiro atoms. The van der Waals surface area contributed by atoms with Crippen LogP contribution in [-0.2, 0) is 9.59 Å². The number of aromatic carboxylic acids is 2. The molecule has 4 N–H and O–H groups in total. The van der Waals surface area contributed by atoms with E-state index in [0.29, 0.717) is 34.1 Å². The highest BCUT2D eigenvalue weighted by atomic mass is 16.5. The first-order valence-corrected chi connectivity index (χ1v) is 14.8. The van der Waals surface area contributed by atoms with E-state index >= 15 is 0 Å². The van der Waals surface area contributed by atoms with Gasteiger partial charge in [-0.3, -0.25) is 9.59 Å². The minimum Gasteiger partial charge on any atom is -0.493 e. The standard InChI is InChI=1S/C36H34N2O10/c1-45-25-15-13-19(17-27(25)47-3)29-30(20-14-16-26(46-2)28(18-20)48-4)32(34(40)38-24-12-8-6-10-22(24)36(43)44)31(29)33(39)37-23-11-7-5-9-21(23)35(41)42/h5-18,29-32H,1-4H3,(H,37,39)(H,38,40)(H,41,42)(H,43,44)/t29-,30+,31+,32-. The summed E-state index contributed by atoms with van der Waals surface area (Å²) >= 11 is 0. The monoisotopic (exact) mass is 654 g/mol. The number of carbonyl (C=O) groups excluding carboxylic acids is 2. The SMILES string of the molecule is COc1ccc([C@@H]2[C@@H](C(=O)Nc3ccccc3C(=O)O)[C@@H](C(=O)Nc3ccccc3C(=O)O)[C@@H]2c2ccc(OC)c(OC)c2)cc1OC. The van der Waals surface area contributed by atoms with E-state index in [2.05, 4.69) is 10.6 Å². The van der Waals surface area contributed by atoms with Crippen LogP contribution in [-0.4, -0.2) is 62.4 Å². The van der Waals surface area contributed by atoms with Crippen LogP contribution >= 0.6 is 0 Å². The molecule has 0 radical (unpaired) electrons. The van der Waals surface area contributed by atoms with Gasteiger partial charge in [-0.05, 0) is 59.7 Å². The number of anilines is 2. The number of hydrogen-bond donors (Lipinski definition) is 4. The van der Waals surface area contributed by atoms with Crippen molar-refractivity contribution in [1.82, 2.24) is 0 Å². The molecule has 0 aromatic heterocycles. The van der Waals surface area contributed by atoms with Crippen LogP contribution in [0.1, 0.15) is 43.7 Å². The van der Waals surface area contributed by atoms with Crippen molar-refractivity contribution in [2.45, 2.75) is 11.8 Å². The molecule has 4 aromatic rings. The Kier molecular flexibility index (Phi) is 9.83. The summed E-state index contributed by atoms with van der Waals surface area (Å²) in [5.41, 5.74) is 1.17. The van der Waals surface area contributed by atoms with Gasteiger partial charge in [0.1, 0.15) is 0 Å². The highest BCUT2D eigenvalue weighted by Crippen LogP contribution is 2.59. The van der Waals surface area contributed by atoms with E-state index < -0.39 is 47.4 Å². The Hall–Kier alpha value is -6.04. The van der Waals surface area contributed by atoms with Crippen LogP contribution in [0.2, 0.25) is 0 Å². The van der Waals surface area contributed by atoms with Crippen LogP contribution < -0.4 is 29.6 Å². The fourth-order valence-corrected chi connectivity index (χ4v) is 6.34. The largest absolute Gasteiger partial charge is 0.493 e. The number of hydrogen-bond acceptors (Lipinski definition) is 8. The Labute approximate surface area is 276 Å². The molecule has 248 valence electrons. The van der Waals surface area contributed by atoms with Gasteiger partial charge in [0, 0.05) is 11.8 Å². The van der Waals surface area contributed by atoms with Gasteiger partial charge in [0.2, 0.25) is 11.8 Å². The number of benzene rings is 4. The summed E-state index contributed by atoms with van der Waals surface area (Å²) in [6.45, 7) is 0. The smallest absolute Gasteiger partial charge is 0.337 e. The topological polar surface area (TPSA) is 170 Å². The second-order valence-corrected chi connectivity index (χ2v) is 11.0. The fraction of sp³-hybridized carbons (Fsp3) is 0.222. The zero-order valence-corrected chi connectivity index (χ0v) is 26.6. The van der Waals surface area contributed by atoms with Gasteiger partial charge < -0.3 is 39.8 Å². The van der Waals surface area contributed by atoms with Gasteiger partial charge in [0.15, 0.2) is 23.0 Å². The number of carbonyl (C=O) groups is 4. The molecule has 1 saturated carbocycles.